The third kappa shape index (κ3) is 1.47. The van der Waals surface area contributed by atoms with Crippen molar-refractivity contribution in [3.8, 4) is 0 Å². The lowest BCUT2D eigenvalue weighted by atomic mass is 10.2. The summed E-state index contributed by atoms with van der Waals surface area (Å²) in [5, 5.41) is 1.24. The van der Waals surface area contributed by atoms with E-state index in [4.69, 9.17) is 23.2 Å². The molecule has 0 N–H and O–H groups in total. The molecular weight excluding hydrogens is 212 g/mol. The predicted octanol–water partition coefficient (Wildman–Crippen LogP) is 3.68. The molecule has 0 amide bonds. The molecule has 0 saturated carbocycles. The molecule has 0 spiro atoms. The van der Waals surface area contributed by atoms with Crippen molar-refractivity contribution in [1.82, 2.24) is 4.98 Å². The molecule has 0 bridgehead atoms. The summed E-state index contributed by atoms with van der Waals surface area (Å²) in [7, 11) is 0. The number of fused-ring (bicyclic) bond motifs is 1. The van der Waals surface area contributed by atoms with E-state index in [0.29, 0.717) is 15.9 Å². The van der Waals surface area contributed by atoms with Crippen LogP contribution in [0.1, 0.15) is 0 Å². The van der Waals surface area contributed by atoms with Gasteiger partial charge in [-0.05, 0) is 12.1 Å². The quantitative estimate of drug-likeness (QED) is 0.654. The van der Waals surface area contributed by atoms with Gasteiger partial charge in [0.1, 0.15) is 5.82 Å². The molecule has 66 valence electrons. The first-order valence-electron chi connectivity index (χ1n) is 3.58. The van der Waals surface area contributed by atoms with Gasteiger partial charge in [0.2, 0.25) is 0 Å². The van der Waals surface area contributed by atoms with E-state index >= 15 is 0 Å². The van der Waals surface area contributed by atoms with E-state index in [0.717, 1.165) is 0 Å². The van der Waals surface area contributed by atoms with Crippen molar-refractivity contribution in [2.45, 2.75) is 0 Å². The zero-order valence-electron chi connectivity index (χ0n) is 6.39. The van der Waals surface area contributed by atoms with Gasteiger partial charge in [-0.3, -0.25) is 4.98 Å². The average molecular weight is 216 g/mol. The number of pyridine rings is 1. The van der Waals surface area contributed by atoms with Crippen LogP contribution in [0.4, 0.5) is 4.39 Å². The number of aromatic nitrogens is 1. The number of halogens is 3. The first kappa shape index (κ1) is 8.73. The van der Waals surface area contributed by atoms with Gasteiger partial charge in [0.05, 0.1) is 15.6 Å². The van der Waals surface area contributed by atoms with Crippen molar-refractivity contribution in [2.75, 3.05) is 0 Å². The second kappa shape index (κ2) is 3.13. The summed E-state index contributed by atoms with van der Waals surface area (Å²) in [5.74, 6) is -0.482. The van der Waals surface area contributed by atoms with E-state index in [1.165, 1.54) is 18.3 Å². The molecular formula is C9H4Cl2FN. The number of rotatable bonds is 0. The minimum atomic E-state index is -0.482. The molecule has 0 aliphatic carbocycles. The lowest BCUT2D eigenvalue weighted by Crippen LogP contribution is -1.83. The minimum absolute atomic E-state index is 0.0578. The smallest absolute Gasteiger partial charge is 0.143 e. The first-order valence-corrected chi connectivity index (χ1v) is 4.33. The summed E-state index contributed by atoms with van der Waals surface area (Å²) in [6.45, 7) is 0. The van der Waals surface area contributed by atoms with Crippen LogP contribution in [-0.2, 0) is 0 Å². The molecule has 0 atom stereocenters. The van der Waals surface area contributed by atoms with Gasteiger partial charge < -0.3 is 0 Å². The zero-order valence-corrected chi connectivity index (χ0v) is 7.90. The maximum Gasteiger partial charge on any atom is 0.143 e. The van der Waals surface area contributed by atoms with E-state index in [-0.39, 0.29) is 5.02 Å². The van der Waals surface area contributed by atoms with Gasteiger partial charge in [-0.25, -0.2) is 4.39 Å². The zero-order chi connectivity index (χ0) is 9.42. The van der Waals surface area contributed by atoms with Gasteiger partial charge in [-0.1, -0.05) is 23.2 Å². The molecule has 4 heteroatoms. The average Bonchev–Trinajstić information content (AvgIpc) is 2.09. The molecule has 2 aromatic rings. The highest BCUT2D eigenvalue weighted by Gasteiger charge is 2.05. The molecule has 0 radical (unpaired) electrons. The molecule has 0 saturated heterocycles. The van der Waals surface area contributed by atoms with E-state index in [1.807, 2.05) is 0 Å². The minimum Gasteiger partial charge on any atom is -0.256 e. The predicted molar refractivity (Wildman–Crippen MR) is 51.7 cm³/mol. The van der Waals surface area contributed by atoms with Crippen molar-refractivity contribution in [2.24, 2.45) is 0 Å². The summed E-state index contributed by atoms with van der Waals surface area (Å²) < 4.78 is 13.0. The molecule has 1 heterocycles. The standard InChI is InChI=1S/C9H4Cl2FN/c10-6-1-2-13-9-4-8(12)7(11)3-5(6)9/h1-4H. The number of nitrogens with zero attached hydrogens (tertiary/aromatic N) is 1. The fourth-order valence-electron chi connectivity index (χ4n) is 1.11. The molecule has 13 heavy (non-hydrogen) atoms. The molecule has 1 nitrogen and oxygen atoms in total. The lowest BCUT2D eigenvalue weighted by Gasteiger charge is -2.00. The summed E-state index contributed by atoms with van der Waals surface area (Å²) in [6.07, 6.45) is 1.53. The molecule has 1 aromatic carbocycles. The van der Waals surface area contributed by atoms with Crippen LogP contribution in [0.2, 0.25) is 10.0 Å². The Bertz CT molecular complexity index is 470. The summed E-state index contributed by atoms with van der Waals surface area (Å²) >= 11 is 11.5. The van der Waals surface area contributed by atoms with Crippen LogP contribution in [0.3, 0.4) is 0 Å². The Hall–Kier alpha value is -0.860. The highest BCUT2D eigenvalue weighted by atomic mass is 35.5. The normalized spacial score (nSPS) is 10.7. The Balaban J connectivity index is 2.89. The summed E-state index contributed by atoms with van der Waals surface area (Å²) in [6, 6.07) is 4.38. The van der Waals surface area contributed by atoms with Crippen LogP contribution in [0.25, 0.3) is 10.9 Å². The van der Waals surface area contributed by atoms with Gasteiger partial charge in [0.15, 0.2) is 0 Å². The Morgan fingerprint density at radius 3 is 2.69 bits per heavy atom. The Labute approximate surface area is 84.1 Å². The van der Waals surface area contributed by atoms with Gasteiger partial charge in [0, 0.05) is 17.6 Å². The van der Waals surface area contributed by atoms with E-state index in [9.17, 15) is 4.39 Å². The third-order valence-corrected chi connectivity index (χ3v) is 2.35. The highest BCUT2D eigenvalue weighted by molar-refractivity contribution is 6.36. The Morgan fingerprint density at radius 2 is 1.92 bits per heavy atom. The largest absolute Gasteiger partial charge is 0.256 e. The van der Waals surface area contributed by atoms with Gasteiger partial charge >= 0.3 is 0 Å². The van der Waals surface area contributed by atoms with Crippen molar-refractivity contribution >= 4 is 34.1 Å². The van der Waals surface area contributed by atoms with Crippen molar-refractivity contribution < 1.29 is 4.39 Å². The number of hydrogen-bond donors (Lipinski definition) is 0. The summed E-state index contributed by atoms with van der Waals surface area (Å²) in [4.78, 5) is 3.96. The molecule has 2 rings (SSSR count). The van der Waals surface area contributed by atoms with Crippen molar-refractivity contribution in [3.05, 3.63) is 40.3 Å². The van der Waals surface area contributed by atoms with Crippen LogP contribution in [-0.4, -0.2) is 4.98 Å². The van der Waals surface area contributed by atoms with Crippen LogP contribution >= 0.6 is 23.2 Å². The van der Waals surface area contributed by atoms with Crippen LogP contribution in [0, 0.1) is 5.82 Å². The maximum atomic E-state index is 13.0. The fraction of sp³-hybridized carbons (Fsp3) is 0. The second-order valence-corrected chi connectivity index (χ2v) is 3.39. The molecule has 0 fully saturated rings. The van der Waals surface area contributed by atoms with Crippen molar-refractivity contribution in [1.29, 1.82) is 0 Å². The Morgan fingerprint density at radius 1 is 1.15 bits per heavy atom. The lowest BCUT2D eigenvalue weighted by molar-refractivity contribution is 0.630. The van der Waals surface area contributed by atoms with Gasteiger partial charge in [-0.2, -0.15) is 0 Å². The van der Waals surface area contributed by atoms with Crippen molar-refractivity contribution in [3.63, 3.8) is 0 Å². The topological polar surface area (TPSA) is 12.9 Å². The van der Waals surface area contributed by atoms with Crippen LogP contribution in [0.5, 0.6) is 0 Å². The maximum absolute atomic E-state index is 13.0. The third-order valence-electron chi connectivity index (χ3n) is 1.73. The van der Waals surface area contributed by atoms with Gasteiger partial charge in [0.25, 0.3) is 0 Å². The number of benzene rings is 1. The van der Waals surface area contributed by atoms with Crippen LogP contribution in [0.15, 0.2) is 24.4 Å². The molecule has 0 unspecified atom stereocenters. The fourth-order valence-corrected chi connectivity index (χ4v) is 1.48. The highest BCUT2D eigenvalue weighted by Crippen LogP contribution is 2.26. The molecule has 0 aliphatic heterocycles. The second-order valence-electron chi connectivity index (χ2n) is 2.58. The van der Waals surface area contributed by atoms with E-state index in [1.54, 1.807) is 6.07 Å². The van der Waals surface area contributed by atoms with E-state index < -0.39 is 5.82 Å². The first-order chi connectivity index (χ1) is 6.18. The van der Waals surface area contributed by atoms with E-state index in [2.05, 4.69) is 4.98 Å². The summed E-state index contributed by atoms with van der Waals surface area (Å²) in [5.41, 5.74) is 0.509. The van der Waals surface area contributed by atoms with Crippen LogP contribution < -0.4 is 0 Å². The molecule has 0 aliphatic rings. The number of hydrogen-bond acceptors (Lipinski definition) is 1. The molecule has 1 aromatic heterocycles. The monoisotopic (exact) mass is 215 g/mol. The Kier molecular flexibility index (Phi) is 2.10. The van der Waals surface area contributed by atoms with Gasteiger partial charge in [-0.15, -0.1) is 0 Å². The SMILES string of the molecule is Fc1cc2nccc(Cl)c2cc1Cl.